The van der Waals surface area contributed by atoms with Crippen molar-refractivity contribution in [2.45, 2.75) is 75.5 Å². The van der Waals surface area contributed by atoms with Crippen LogP contribution >= 0.6 is 23.5 Å². The molecule has 2 atom stereocenters. The molecule has 3 aromatic rings. The Labute approximate surface area is 277 Å². The summed E-state index contributed by atoms with van der Waals surface area (Å²) >= 11 is 3.38. The quantitative estimate of drug-likeness (QED) is 0.208. The Kier molecular flexibility index (Phi) is 15.3. The van der Waals surface area contributed by atoms with Gasteiger partial charge in [-0.2, -0.15) is 11.8 Å². The molecule has 4 rings (SSSR count). The Morgan fingerprint density at radius 3 is 2.40 bits per heavy atom. The Balaban J connectivity index is 0.00000506. The minimum Gasteiger partial charge on any atom is -0.548 e. The van der Waals surface area contributed by atoms with E-state index in [0.717, 1.165) is 34.4 Å². The van der Waals surface area contributed by atoms with E-state index in [0.29, 0.717) is 30.3 Å². The van der Waals surface area contributed by atoms with Crippen LogP contribution < -0.4 is 29.3 Å². The zero-order chi connectivity index (χ0) is 29.7. The van der Waals surface area contributed by atoms with E-state index in [-0.39, 0.29) is 25.0 Å². The minimum atomic E-state index is -1.27. The van der Waals surface area contributed by atoms with E-state index in [2.05, 4.69) is 29.6 Å². The molecule has 3 aromatic carbocycles. The van der Waals surface area contributed by atoms with E-state index in [9.17, 15) is 14.7 Å². The van der Waals surface area contributed by atoms with Gasteiger partial charge in [0.2, 0.25) is 0 Å². The van der Waals surface area contributed by atoms with Gasteiger partial charge in [0.25, 0.3) is 5.91 Å². The first-order chi connectivity index (χ1) is 20.4. The number of carboxylic acid groups (broad SMARTS) is 1. The van der Waals surface area contributed by atoms with Crippen LogP contribution in [0.3, 0.4) is 0 Å². The SMILES string of the molecule is CSCC[C@H](NC(=O)c1ccc(CO[C@H](CSc2ccccc2)CC2CCCCC2)cc1-c1ccccc1C)C(=O)[O-].[Li+]. The standard InChI is InChI=1S/C35H43NO4S2.Li/c1-25-11-9-10-16-30(25)32-22-27(17-18-31(32)34(37)36-33(35(38)39)19-20-41-2)23-40-28(21-26-12-5-3-6-13-26)24-42-29-14-7-4-8-15-29;/h4,7-11,14-18,22,26,28,33H,3,5-6,12-13,19-21,23-24H2,1-2H3,(H,36,37)(H,38,39);/q;+1/p-1/t28-,33-;/m0./s1. The van der Waals surface area contributed by atoms with E-state index in [1.807, 2.05) is 67.4 Å². The van der Waals surface area contributed by atoms with Gasteiger partial charge in [0.15, 0.2) is 0 Å². The normalized spacial score (nSPS) is 14.8. The van der Waals surface area contributed by atoms with Gasteiger partial charge in [0.05, 0.1) is 24.7 Å². The summed E-state index contributed by atoms with van der Waals surface area (Å²) in [6.45, 7) is 2.46. The molecule has 0 aliphatic heterocycles. The molecule has 43 heavy (non-hydrogen) atoms. The van der Waals surface area contributed by atoms with Crippen LogP contribution in [0.2, 0.25) is 0 Å². The Hall–Kier alpha value is -2.14. The van der Waals surface area contributed by atoms with Crippen LogP contribution in [0.25, 0.3) is 11.1 Å². The fraction of sp³-hybridized carbons (Fsp3) is 0.429. The molecule has 5 nitrogen and oxygen atoms in total. The molecular formula is C35H42LiNO4S2. The molecule has 1 saturated carbocycles. The van der Waals surface area contributed by atoms with E-state index in [4.69, 9.17) is 4.74 Å². The predicted octanol–water partition coefficient (Wildman–Crippen LogP) is 3.92. The molecule has 1 N–H and O–H groups in total. The molecule has 0 aromatic heterocycles. The Bertz CT molecular complexity index is 1300. The van der Waals surface area contributed by atoms with Crippen molar-refractivity contribution >= 4 is 35.4 Å². The maximum atomic E-state index is 13.4. The summed E-state index contributed by atoms with van der Waals surface area (Å²) < 4.78 is 6.60. The maximum absolute atomic E-state index is 13.4. The van der Waals surface area contributed by atoms with Crippen LogP contribution in [0.1, 0.15) is 66.4 Å². The number of rotatable bonds is 15. The third-order valence-electron chi connectivity index (χ3n) is 7.95. The van der Waals surface area contributed by atoms with Gasteiger partial charge < -0.3 is 20.0 Å². The monoisotopic (exact) mass is 611 g/mol. The topological polar surface area (TPSA) is 78.5 Å². The van der Waals surface area contributed by atoms with Crippen molar-refractivity contribution < 1.29 is 38.3 Å². The summed E-state index contributed by atoms with van der Waals surface area (Å²) in [5.41, 5.74) is 4.19. The summed E-state index contributed by atoms with van der Waals surface area (Å²) in [6, 6.07) is 23.1. The van der Waals surface area contributed by atoms with Gasteiger partial charge >= 0.3 is 18.9 Å². The average Bonchev–Trinajstić information content (AvgIpc) is 3.01. The summed E-state index contributed by atoms with van der Waals surface area (Å²) in [6.07, 6.45) is 9.92. The number of nitrogens with one attached hydrogen (secondary N) is 1. The number of carboxylic acids is 1. The second kappa shape index (κ2) is 18.6. The van der Waals surface area contributed by atoms with Gasteiger partial charge in [0, 0.05) is 16.2 Å². The number of benzene rings is 3. The molecule has 8 heteroatoms. The number of thioether (sulfide) groups is 2. The van der Waals surface area contributed by atoms with Crippen molar-refractivity contribution in [2.24, 2.45) is 5.92 Å². The minimum absolute atomic E-state index is 0. The molecule has 0 spiro atoms. The molecule has 0 radical (unpaired) electrons. The third-order valence-corrected chi connectivity index (χ3v) is 9.74. The van der Waals surface area contributed by atoms with Crippen LogP contribution in [-0.4, -0.2) is 41.8 Å². The average molecular weight is 612 g/mol. The van der Waals surface area contributed by atoms with Crippen LogP contribution in [0.15, 0.2) is 77.7 Å². The largest absolute Gasteiger partial charge is 1.00 e. The van der Waals surface area contributed by atoms with E-state index in [1.165, 1.54) is 48.8 Å². The number of hydrogen-bond acceptors (Lipinski definition) is 6. The number of carbonyl (C=O) groups is 2. The van der Waals surface area contributed by atoms with Gasteiger partial charge in [-0.25, -0.2) is 0 Å². The Morgan fingerprint density at radius 2 is 1.70 bits per heavy atom. The first-order valence-electron chi connectivity index (χ1n) is 14.9. The third kappa shape index (κ3) is 11.1. The van der Waals surface area contributed by atoms with Crippen molar-refractivity contribution in [1.82, 2.24) is 5.32 Å². The molecule has 0 saturated heterocycles. The molecule has 1 aliphatic rings. The molecule has 1 amide bonds. The molecule has 1 fully saturated rings. The fourth-order valence-electron chi connectivity index (χ4n) is 5.60. The number of aryl methyl sites for hydroxylation is 1. The fourth-order valence-corrected chi connectivity index (χ4v) is 7.03. The van der Waals surface area contributed by atoms with Crippen molar-refractivity contribution in [3.05, 3.63) is 89.5 Å². The summed E-state index contributed by atoms with van der Waals surface area (Å²) in [5.74, 6) is 0.538. The van der Waals surface area contributed by atoms with Gasteiger partial charge in [0.1, 0.15) is 0 Å². The molecule has 0 heterocycles. The molecule has 1 aliphatic carbocycles. The van der Waals surface area contributed by atoms with Gasteiger partial charge in [-0.3, -0.25) is 4.79 Å². The van der Waals surface area contributed by atoms with Crippen LogP contribution in [0, 0.1) is 12.8 Å². The summed E-state index contributed by atoms with van der Waals surface area (Å²) in [7, 11) is 0. The van der Waals surface area contributed by atoms with E-state index >= 15 is 0 Å². The van der Waals surface area contributed by atoms with Gasteiger partial charge in [-0.1, -0.05) is 80.6 Å². The van der Waals surface area contributed by atoms with E-state index < -0.39 is 17.9 Å². The van der Waals surface area contributed by atoms with Gasteiger partial charge in [-0.15, -0.1) is 11.8 Å². The van der Waals surface area contributed by atoms with Crippen molar-refractivity contribution in [2.75, 3.05) is 17.8 Å². The zero-order valence-corrected chi connectivity index (χ0v) is 27.3. The Morgan fingerprint density at radius 1 is 0.977 bits per heavy atom. The van der Waals surface area contributed by atoms with Crippen LogP contribution in [-0.2, 0) is 16.1 Å². The van der Waals surface area contributed by atoms with Crippen LogP contribution in [0.4, 0.5) is 0 Å². The first-order valence-corrected chi connectivity index (χ1v) is 17.3. The van der Waals surface area contributed by atoms with E-state index in [1.54, 1.807) is 6.07 Å². The number of hydrogen-bond donors (Lipinski definition) is 1. The molecule has 224 valence electrons. The van der Waals surface area contributed by atoms with Crippen molar-refractivity contribution in [3.63, 3.8) is 0 Å². The number of amides is 1. The van der Waals surface area contributed by atoms with Crippen LogP contribution in [0.5, 0.6) is 0 Å². The summed E-state index contributed by atoms with van der Waals surface area (Å²) in [4.78, 5) is 26.4. The first kappa shape index (κ1) is 35.3. The molecule has 0 unspecified atom stereocenters. The number of ether oxygens (including phenoxy) is 1. The number of carbonyl (C=O) groups excluding carboxylic acids is 2. The predicted molar refractivity (Wildman–Crippen MR) is 173 cm³/mol. The second-order valence-electron chi connectivity index (χ2n) is 11.1. The maximum Gasteiger partial charge on any atom is 1.00 e. The molecule has 0 bridgehead atoms. The zero-order valence-electron chi connectivity index (χ0n) is 25.7. The smallest absolute Gasteiger partial charge is 0.548 e. The summed E-state index contributed by atoms with van der Waals surface area (Å²) in [5, 5.41) is 14.4. The number of aliphatic carboxylic acids is 1. The van der Waals surface area contributed by atoms with Gasteiger partial charge in [-0.05, 0) is 84.2 Å². The second-order valence-corrected chi connectivity index (χ2v) is 13.2. The van der Waals surface area contributed by atoms with Crippen molar-refractivity contribution in [1.29, 1.82) is 0 Å². The molecular weight excluding hydrogens is 569 g/mol. The van der Waals surface area contributed by atoms with Crippen molar-refractivity contribution in [3.8, 4) is 11.1 Å².